The summed E-state index contributed by atoms with van der Waals surface area (Å²) in [6.45, 7) is 4.25. The minimum absolute atomic E-state index is 1.19. The fourth-order valence-electron chi connectivity index (χ4n) is 1.71. The lowest BCUT2D eigenvalue weighted by Gasteiger charge is -2.01. The van der Waals surface area contributed by atoms with Crippen molar-refractivity contribution in [3.05, 3.63) is 29.6 Å². The van der Waals surface area contributed by atoms with Crippen molar-refractivity contribution in [2.24, 2.45) is 0 Å². The number of hydrogen-bond donors (Lipinski definition) is 0. The van der Waals surface area contributed by atoms with Crippen LogP contribution in [0.4, 0.5) is 0 Å². The first-order valence-corrected chi connectivity index (χ1v) is 5.81. The van der Waals surface area contributed by atoms with Gasteiger partial charge in [0.15, 0.2) is 0 Å². The number of rotatable bonds is 0. The number of nitrogens with zero attached hydrogens (tertiary/aromatic N) is 1. The minimum atomic E-state index is 1.19. The molecule has 0 aromatic carbocycles. The molecular formula is C13H21N. The summed E-state index contributed by atoms with van der Waals surface area (Å²) < 4.78 is 0. The lowest BCUT2D eigenvalue weighted by molar-refractivity contribution is 0.708. The molecule has 1 heteroatoms. The van der Waals surface area contributed by atoms with Gasteiger partial charge in [-0.15, -0.1) is 0 Å². The van der Waals surface area contributed by atoms with Gasteiger partial charge in [0.05, 0.1) is 0 Å². The van der Waals surface area contributed by atoms with E-state index in [0.29, 0.717) is 0 Å². The van der Waals surface area contributed by atoms with Crippen LogP contribution < -0.4 is 0 Å². The van der Waals surface area contributed by atoms with Gasteiger partial charge >= 0.3 is 0 Å². The predicted octanol–water partition coefficient (Wildman–Crippen LogP) is 3.77. The van der Waals surface area contributed by atoms with Crippen LogP contribution in [0.15, 0.2) is 18.3 Å². The van der Waals surface area contributed by atoms with E-state index in [1.165, 1.54) is 49.8 Å². The second-order valence-corrected chi connectivity index (χ2v) is 3.88. The lowest BCUT2D eigenvalue weighted by atomic mass is 10.1. The van der Waals surface area contributed by atoms with Crippen LogP contribution in [0.25, 0.3) is 0 Å². The summed E-state index contributed by atoms with van der Waals surface area (Å²) in [7, 11) is 0. The SMILES string of the molecule is CCC.c1cnc2c(c1)CCCCC2. The number of pyridine rings is 1. The Hall–Kier alpha value is -0.850. The predicted molar refractivity (Wildman–Crippen MR) is 61.5 cm³/mol. The molecule has 1 heterocycles. The molecule has 1 aromatic rings. The van der Waals surface area contributed by atoms with Gasteiger partial charge in [0, 0.05) is 11.9 Å². The molecule has 0 N–H and O–H groups in total. The third-order valence-corrected chi connectivity index (χ3v) is 2.34. The van der Waals surface area contributed by atoms with E-state index in [-0.39, 0.29) is 0 Å². The fraction of sp³-hybridized carbons (Fsp3) is 0.615. The van der Waals surface area contributed by atoms with Crippen molar-refractivity contribution in [2.45, 2.75) is 52.4 Å². The summed E-state index contributed by atoms with van der Waals surface area (Å²) >= 11 is 0. The highest BCUT2D eigenvalue weighted by molar-refractivity contribution is 5.20. The zero-order valence-electron chi connectivity index (χ0n) is 9.42. The number of hydrogen-bond acceptors (Lipinski definition) is 1. The van der Waals surface area contributed by atoms with Gasteiger partial charge in [0.1, 0.15) is 0 Å². The standard InChI is InChI=1S/C10H13N.C3H8/c1-2-5-9-6-4-8-11-10(9)7-3-1;1-3-2/h4,6,8H,1-3,5,7H2;3H2,1-2H3. The molecule has 14 heavy (non-hydrogen) atoms. The average Bonchev–Trinajstić information content (AvgIpc) is 2.43. The molecule has 0 saturated carbocycles. The van der Waals surface area contributed by atoms with Gasteiger partial charge in [-0.05, 0) is 37.3 Å². The Morgan fingerprint density at radius 2 is 1.86 bits per heavy atom. The normalized spacial score (nSPS) is 14.7. The van der Waals surface area contributed by atoms with Crippen molar-refractivity contribution in [3.8, 4) is 0 Å². The van der Waals surface area contributed by atoms with Crippen molar-refractivity contribution in [1.82, 2.24) is 4.98 Å². The van der Waals surface area contributed by atoms with Crippen molar-refractivity contribution in [1.29, 1.82) is 0 Å². The van der Waals surface area contributed by atoms with Gasteiger partial charge < -0.3 is 0 Å². The first kappa shape index (κ1) is 11.2. The Bertz CT molecular complexity index is 230. The molecule has 0 bridgehead atoms. The van der Waals surface area contributed by atoms with E-state index in [0.717, 1.165) is 0 Å². The van der Waals surface area contributed by atoms with Crippen LogP contribution in [-0.4, -0.2) is 4.98 Å². The highest BCUT2D eigenvalue weighted by atomic mass is 14.7. The molecule has 0 fully saturated rings. The van der Waals surface area contributed by atoms with Gasteiger partial charge in [0.2, 0.25) is 0 Å². The van der Waals surface area contributed by atoms with Crippen molar-refractivity contribution < 1.29 is 0 Å². The van der Waals surface area contributed by atoms with Crippen LogP contribution in [-0.2, 0) is 12.8 Å². The maximum absolute atomic E-state index is 4.38. The molecule has 1 aromatic heterocycles. The molecule has 1 aliphatic carbocycles. The van der Waals surface area contributed by atoms with E-state index in [9.17, 15) is 0 Å². The molecule has 0 aliphatic heterocycles. The maximum atomic E-state index is 4.38. The molecule has 0 unspecified atom stereocenters. The second-order valence-electron chi connectivity index (χ2n) is 3.88. The highest BCUT2D eigenvalue weighted by Gasteiger charge is 2.06. The summed E-state index contributed by atoms with van der Waals surface area (Å²) in [4.78, 5) is 4.38. The van der Waals surface area contributed by atoms with Crippen LogP contribution >= 0.6 is 0 Å². The van der Waals surface area contributed by atoms with E-state index in [1.54, 1.807) is 0 Å². The minimum Gasteiger partial charge on any atom is -0.261 e. The Morgan fingerprint density at radius 3 is 2.64 bits per heavy atom. The van der Waals surface area contributed by atoms with Crippen molar-refractivity contribution in [2.75, 3.05) is 0 Å². The fourth-order valence-corrected chi connectivity index (χ4v) is 1.71. The van der Waals surface area contributed by atoms with Crippen molar-refractivity contribution >= 4 is 0 Å². The summed E-state index contributed by atoms with van der Waals surface area (Å²) in [5, 5.41) is 0. The molecule has 0 atom stereocenters. The van der Waals surface area contributed by atoms with Crippen molar-refractivity contribution in [3.63, 3.8) is 0 Å². The first-order valence-electron chi connectivity index (χ1n) is 5.81. The molecular weight excluding hydrogens is 170 g/mol. The monoisotopic (exact) mass is 191 g/mol. The van der Waals surface area contributed by atoms with Gasteiger partial charge in [0.25, 0.3) is 0 Å². The van der Waals surface area contributed by atoms with Crippen LogP contribution in [0.5, 0.6) is 0 Å². The topological polar surface area (TPSA) is 12.9 Å². The zero-order chi connectivity index (χ0) is 10.2. The van der Waals surface area contributed by atoms with Gasteiger partial charge in [-0.3, -0.25) is 4.98 Å². The van der Waals surface area contributed by atoms with E-state index in [4.69, 9.17) is 0 Å². The summed E-state index contributed by atoms with van der Waals surface area (Å²) in [6.07, 6.45) is 9.63. The second kappa shape index (κ2) is 6.58. The Kier molecular flexibility index (Phi) is 5.28. The smallest absolute Gasteiger partial charge is 0.0435 e. The third-order valence-electron chi connectivity index (χ3n) is 2.34. The molecule has 78 valence electrons. The Balaban J connectivity index is 0.000000293. The van der Waals surface area contributed by atoms with Gasteiger partial charge in [-0.25, -0.2) is 0 Å². The Morgan fingerprint density at radius 1 is 1.14 bits per heavy atom. The first-order chi connectivity index (χ1) is 6.88. The largest absolute Gasteiger partial charge is 0.261 e. The average molecular weight is 191 g/mol. The van der Waals surface area contributed by atoms with Gasteiger partial charge in [-0.2, -0.15) is 0 Å². The lowest BCUT2D eigenvalue weighted by Crippen LogP contribution is -1.92. The van der Waals surface area contributed by atoms with E-state index >= 15 is 0 Å². The Labute approximate surface area is 87.6 Å². The highest BCUT2D eigenvalue weighted by Crippen LogP contribution is 2.17. The number of fused-ring (bicyclic) bond motifs is 1. The molecule has 0 amide bonds. The van der Waals surface area contributed by atoms with E-state index in [2.05, 4.69) is 24.9 Å². The summed E-state index contributed by atoms with van der Waals surface area (Å²) in [5.74, 6) is 0. The molecule has 2 rings (SSSR count). The molecule has 0 radical (unpaired) electrons. The van der Waals surface area contributed by atoms with Crippen LogP contribution in [0, 0.1) is 0 Å². The quantitative estimate of drug-likeness (QED) is 0.569. The molecule has 1 nitrogen and oxygen atoms in total. The van der Waals surface area contributed by atoms with Crippen LogP contribution in [0.1, 0.15) is 50.8 Å². The number of aromatic nitrogens is 1. The van der Waals surface area contributed by atoms with Gasteiger partial charge in [-0.1, -0.05) is 32.8 Å². The molecule has 1 aliphatic rings. The molecule has 0 spiro atoms. The summed E-state index contributed by atoms with van der Waals surface area (Å²) in [5.41, 5.74) is 2.81. The zero-order valence-corrected chi connectivity index (χ0v) is 9.42. The van der Waals surface area contributed by atoms with Crippen LogP contribution in [0.2, 0.25) is 0 Å². The van der Waals surface area contributed by atoms with E-state index in [1.807, 2.05) is 12.3 Å². The maximum Gasteiger partial charge on any atom is 0.0435 e. The third kappa shape index (κ3) is 3.49. The summed E-state index contributed by atoms with van der Waals surface area (Å²) in [6, 6.07) is 4.26. The van der Waals surface area contributed by atoms with Crippen LogP contribution in [0.3, 0.4) is 0 Å². The number of aryl methyl sites for hydroxylation is 2. The molecule has 0 saturated heterocycles. The van der Waals surface area contributed by atoms with E-state index < -0.39 is 0 Å².